The molecule has 1 heterocycles. The van der Waals surface area contributed by atoms with Crippen LogP contribution in [0.2, 0.25) is 0 Å². The summed E-state index contributed by atoms with van der Waals surface area (Å²) in [5.41, 5.74) is 0.771. The molecule has 0 aliphatic heterocycles. The molecule has 158 valence electrons. The van der Waals surface area contributed by atoms with Crippen LogP contribution in [-0.2, 0) is 6.54 Å². The fourth-order valence-electron chi connectivity index (χ4n) is 3.46. The zero-order valence-electron chi connectivity index (χ0n) is 17.7. The Morgan fingerprint density at radius 1 is 1.13 bits per heavy atom. The number of rotatable bonds is 7. The van der Waals surface area contributed by atoms with Crippen LogP contribution in [-0.4, -0.2) is 41.2 Å². The van der Waals surface area contributed by atoms with E-state index >= 15 is 0 Å². The van der Waals surface area contributed by atoms with Crippen LogP contribution < -0.4 is 10.9 Å². The molecule has 0 spiro atoms. The Morgan fingerprint density at radius 2 is 1.83 bits per heavy atom. The topological polar surface area (TPSA) is 67.2 Å². The highest BCUT2D eigenvalue weighted by Gasteiger charge is 2.20. The van der Waals surface area contributed by atoms with E-state index < -0.39 is 0 Å². The van der Waals surface area contributed by atoms with Crippen LogP contribution in [0.3, 0.4) is 0 Å². The molecule has 0 aliphatic rings. The van der Waals surface area contributed by atoms with Crippen molar-refractivity contribution in [1.82, 2.24) is 20.0 Å². The molecule has 0 radical (unpaired) electrons. The molecule has 0 fully saturated rings. The zero-order valence-corrected chi connectivity index (χ0v) is 17.7. The van der Waals surface area contributed by atoms with Crippen molar-refractivity contribution in [1.29, 1.82) is 0 Å². The predicted molar refractivity (Wildman–Crippen MR) is 116 cm³/mol. The van der Waals surface area contributed by atoms with Gasteiger partial charge in [-0.25, -0.2) is 9.07 Å². The van der Waals surface area contributed by atoms with Gasteiger partial charge in [-0.15, -0.1) is 0 Å². The molecule has 0 saturated heterocycles. The molecule has 0 saturated carbocycles. The van der Waals surface area contributed by atoms with E-state index in [0.717, 1.165) is 5.56 Å². The van der Waals surface area contributed by atoms with Gasteiger partial charge in [0.2, 0.25) is 0 Å². The molecule has 7 heteroatoms. The highest BCUT2D eigenvalue weighted by Crippen LogP contribution is 2.19. The molecule has 3 aromatic rings. The van der Waals surface area contributed by atoms with E-state index in [1.165, 1.54) is 16.8 Å². The lowest BCUT2D eigenvalue weighted by atomic mass is 10.1. The summed E-state index contributed by atoms with van der Waals surface area (Å²) >= 11 is 0. The molecule has 1 N–H and O–H groups in total. The Balaban J connectivity index is 1.92. The number of aromatic nitrogens is 2. The Bertz CT molecular complexity index is 1110. The molecular formula is C23H27FN4O2. The highest BCUT2D eigenvalue weighted by atomic mass is 19.1. The van der Waals surface area contributed by atoms with Crippen LogP contribution in [0.5, 0.6) is 0 Å². The molecule has 0 bridgehead atoms. The molecule has 3 rings (SSSR count). The van der Waals surface area contributed by atoms with Gasteiger partial charge >= 0.3 is 0 Å². The second-order valence-corrected chi connectivity index (χ2v) is 8.02. The second kappa shape index (κ2) is 9.17. The van der Waals surface area contributed by atoms with Gasteiger partial charge in [-0.2, -0.15) is 5.10 Å². The molecule has 1 amide bonds. The van der Waals surface area contributed by atoms with E-state index in [2.05, 4.69) is 10.4 Å². The fraction of sp³-hybridized carbons (Fsp3) is 0.348. The number of carbonyl (C=O) groups is 1. The summed E-state index contributed by atoms with van der Waals surface area (Å²) in [7, 11) is 3.75. The number of carbonyl (C=O) groups excluding carboxylic acids is 1. The molecule has 0 aliphatic carbocycles. The van der Waals surface area contributed by atoms with Crippen molar-refractivity contribution in [2.45, 2.75) is 26.4 Å². The Kier molecular flexibility index (Phi) is 6.62. The smallest absolute Gasteiger partial charge is 0.274 e. The minimum Gasteiger partial charge on any atom is -0.349 e. The third-order valence-corrected chi connectivity index (χ3v) is 4.93. The lowest BCUT2D eigenvalue weighted by Crippen LogP contribution is -2.36. The van der Waals surface area contributed by atoms with Gasteiger partial charge in [0.1, 0.15) is 5.82 Å². The van der Waals surface area contributed by atoms with Gasteiger partial charge in [-0.05, 0) is 43.8 Å². The number of fused-ring (bicyclic) bond motifs is 1. The maximum absolute atomic E-state index is 13.7. The zero-order chi connectivity index (χ0) is 21.8. The van der Waals surface area contributed by atoms with E-state index in [-0.39, 0.29) is 41.5 Å². The predicted octanol–water partition coefficient (Wildman–Crippen LogP) is 3.22. The molecule has 1 aromatic heterocycles. The molecule has 2 aromatic carbocycles. The summed E-state index contributed by atoms with van der Waals surface area (Å²) < 4.78 is 15.0. The van der Waals surface area contributed by atoms with Crippen molar-refractivity contribution in [3.05, 3.63) is 76.0 Å². The van der Waals surface area contributed by atoms with E-state index in [1.54, 1.807) is 30.3 Å². The number of nitrogens with zero attached hydrogens (tertiary/aromatic N) is 3. The van der Waals surface area contributed by atoms with Crippen LogP contribution in [0.25, 0.3) is 10.8 Å². The Morgan fingerprint density at radius 3 is 2.47 bits per heavy atom. The average molecular weight is 410 g/mol. The van der Waals surface area contributed by atoms with Crippen molar-refractivity contribution in [2.75, 3.05) is 20.6 Å². The van der Waals surface area contributed by atoms with Gasteiger partial charge in [0, 0.05) is 18.5 Å². The van der Waals surface area contributed by atoms with E-state index in [1.807, 2.05) is 38.9 Å². The van der Waals surface area contributed by atoms with Gasteiger partial charge in [-0.1, -0.05) is 44.2 Å². The Hall–Kier alpha value is -3.06. The molecule has 6 nitrogen and oxygen atoms in total. The quantitative estimate of drug-likeness (QED) is 0.649. The normalized spacial score (nSPS) is 12.5. The first-order chi connectivity index (χ1) is 14.3. The number of hydrogen-bond donors (Lipinski definition) is 1. The van der Waals surface area contributed by atoms with Crippen molar-refractivity contribution >= 4 is 16.7 Å². The first-order valence-electron chi connectivity index (χ1n) is 9.98. The molecule has 1 atom stereocenters. The maximum atomic E-state index is 13.7. The fourth-order valence-corrected chi connectivity index (χ4v) is 3.46. The summed E-state index contributed by atoms with van der Waals surface area (Å²) in [6.07, 6.45) is 0. The highest BCUT2D eigenvalue weighted by molar-refractivity contribution is 6.04. The SMILES string of the molecule is CC(C)Cn1nc(C(=O)NCC(c2cccc(F)c2)N(C)C)c2ccccc2c1=O. The van der Waals surface area contributed by atoms with Crippen LogP contribution in [0.4, 0.5) is 4.39 Å². The van der Waals surface area contributed by atoms with E-state index in [4.69, 9.17) is 0 Å². The van der Waals surface area contributed by atoms with Crippen LogP contribution in [0.1, 0.15) is 35.9 Å². The van der Waals surface area contributed by atoms with Crippen LogP contribution in [0.15, 0.2) is 53.3 Å². The molecule has 1 unspecified atom stereocenters. The standard InChI is InChI=1S/C23H27FN4O2/c1-15(2)14-28-23(30)19-11-6-5-10-18(19)21(26-28)22(29)25-13-20(27(3)4)16-8-7-9-17(24)12-16/h5-12,15,20H,13-14H2,1-4H3,(H,25,29). The van der Waals surface area contributed by atoms with E-state index in [0.29, 0.717) is 17.3 Å². The minimum absolute atomic E-state index is 0.207. The molecular weight excluding hydrogens is 383 g/mol. The summed E-state index contributed by atoms with van der Waals surface area (Å²) in [5, 5.41) is 8.26. The third-order valence-electron chi connectivity index (χ3n) is 4.93. The maximum Gasteiger partial charge on any atom is 0.274 e. The van der Waals surface area contributed by atoms with Gasteiger partial charge < -0.3 is 10.2 Å². The third kappa shape index (κ3) is 4.74. The number of halogens is 1. The number of amides is 1. The summed E-state index contributed by atoms with van der Waals surface area (Å²) in [6.45, 7) is 4.68. The minimum atomic E-state index is -0.369. The van der Waals surface area contributed by atoms with Crippen molar-refractivity contribution in [3.63, 3.8) is 0 Å². The number of likely N-dealkylation sites (N-methyl/N-ethyl adjacent to an activating group) is 1. The van der Waals surface area contributed by atoms with Gasteiger partial charge in [-0.3, -0.25) is 9.59 Å². The summed E-state index contributed by atoms with van der Waals surface area (Å²) in [4.78, 5) is 27.7. The van der Waals surface area contributed by atoms with Gasteiger partial charge in [0.25, 0.3) is 11.5 Å². The molecule has 30 heavy (non-hydrogen) atoms. The lowest BCUT2D eigenvalue weighted by Gasteiger charge is -2.25. The van der Waals surface area contributed by atoms with Crippen LogP contribution in [0, 0.1) is 11.7 Å². The van der Waals surface area contributed by atoms with Gasteiger partial charge in [0.05, 0.1) is 11.4 Å². The average Bonchev–Trinajstić information content (AvgIpc) is 2.69. The Labute approximate surface area is 175 Å². The van der Waals surface area contributed by atoms with Gasteiger partial charge in [0.15, 0.2) is 5.69 Å². The van der Waals surface area contributed by atoms with Crippen molar-refractivity contribution < 1.29 is 9.18 Å². The lowest BCUT2D eigenvalue weighted by molar-refractivity contribution is 0.0936. The van der Waals surface area contributed by atoms with Crippen molar-refractivity contribution in [2.24, 2.45) is 5.92 Å². The first kappa shape index (κ1) is 21.6. The first-order valence-corrected chi connectivity index (χ1v) is 9.98. The summed E-state index contributed by atoms with van der Waals surface area (Å²) in [5.74, 6) is -0.482. The van der Waals surface area contributed by atoms with Crippen molar-refractivity contribution in [3.8, 4) is 0 Å². The monoisotopic (exact) mass is 410 g/mol. The number of nitrogens with one attached hydrogen (secondary N) is 1. The number of benzene rings is 2. The van der Waals surface area contributed by atoms with Crippen LogP contribution >= 0.6 is 0 Å². The second-order valence-electron chi connectivity index (χ2n) is 8.02. The number of hydrogen-bond acceptors (Lipinski definition) is 4. The largest absolute Gasteiger partial charge is 0.349 e. The summed E-state index contributed by atoms with van der Waals surface area (Å²) in [6, 6.07) is 13.1. The van der Waals surface area contributed by atoms with E-state index in [9.17, 15) is 14.0 Å².